The van der Waals surface area contributed by atoms with Gasteiger partial charge in [0.2, 0.25) is 10.0 Å². The standard InChI is InChI=1S/C23H23N3O3S/c1-26(30(2,28)29)22-11-9-18(17-8-10-20-19(14-17)12-13-24-20)15-21(22)25-23(27)16-6-4-3-5-7-16/h3-11,14-15,24H,12-13H2,1-2H3,(H,25,27). The Kier molecular flexibility index (Phi) is 5.22. The molecule has 30 heavy (non-hydrogen) atoms. The van der Waals surface area contributed by atoms with Gasteiger partial charge in [-0.25, -0.2) is 8.42 Å². The molecule has 0 atom stereocenters. The Morgan fingerprint density at radius 1 is 1.00 bits per heavy atom. The fourth-order valence-electron chi connectivity index (χ4n) is 3.54. The highest BCUT2D eigenvalue weighted by molar-refractivity contribution is 7.92. The van der Waals surface area contributed by atoms with E-state index in [1.807, 2.05) is 24.3 Å². The Morgan fingerprint density at radius 2 is 1.70 bits per heavy atom. The lowest BCUT2D eigenvalue weighted by Crippen LogP contribution is -2.26. The molecule has 1 aliphatic heterocycles. The summed E-state index contributed by atoms with van der Waals surface area (Å²) in [6.07, 6.45) is 2.10. The minimum Gasteiger partial charge on any atom is -0.384 e. The smallest absolute Gasteiger partial charge is 0.255 e. The van der Waals surface area contributed by atoms with Crippen LogP contribution >= 0.6 is 0 Å². The third kappa shape index (κ3) is 4.02. The highest BCUT2D eigenvalue weighted by atomic mass is 32.2. The Bertz CT molecular complexity index is 1210. The molecule has 0 saturated carbocycles. The molecule has 0 aliphatic carbocycles. The summed E-state index contributed by atoms with van der Waals surface area (Å²) in [4.78, 5) is 12.8. The zero-order chi connectivity index (χ0) is 21.3. The van der Waals surface area contributed by atoms with Crippen LogP contribution in [0.15, 0.2) is 66.7 Å². The van der Waals surface area contributed by atoms with E-state index in [1.165, 1.54) is 16.9 Å². The fourth-order valence-corrected chi connectivity index (χ4v) is 4.05. The van der Waals surface area contributed by atoms with Gasteiger partial charge in [-0.05, 0) is 59.5 Å². The van der Waals surface area contributed by atoms with Crippen molar-refractivity contribution in [3.63, 3.8) is 0 Å². The van der Waals surface area contributed by atoms with Crippen LogP contribution in [0, 0.1) is 0 Å². The summed E-state index contributed by atoms with van der Waals surface area (Å²) in [5.41, 5.74) is 5.66. The molecule has 4 rings (SSSR count). The van der Waals surface area contributed by atoms with Crippen molar-refractivity contribution >= 4 is 33.0 Å². The Hall–Kier alpha value is -3.32. The quantitative estimate of drug-likeness (QED) is 0.653. The van der Waals surface area contributed by atoms with Crippen molar-refractivity contribution in [2.24, 2.45) is 0 Å². The number of benzene rings is 3. The van der Waals surface area contributed by atoms with Crippen LogP contribution in [0.5, 0.6) is 0 Å². The Morgan fingerprint density at radius 3 is 2.43 bits per heavy atom. The molecule has 1 heterocycles. The van der Waals surface area contributed by atoms with Crippen LogP contribution in [0.3, 0.4) is 0 Å². The number of nitrogens with zero attached hydrogens (tertiary/aromatic N) is 1. The molecular formula is C23H23N3O3S. The largest absolute Gasteiger partial charge is 0.384 e. The van der Waals surface area contributed by atoms with E-state index in [9.17, 15) is 13.2 Å². The molecule has 0 radical (unpaired) electrons. The van der Waals surface area contributed by atoms with Crippen molar-refractivity contribution in [3.8, 4) is 11.1 Å². The van der Waals surface area contributed by atoms with E-state index in [-0.39, 0.29) is 5.91 Å². The lowest BCUT2D eigenvalue weighted by atomic mass is 10.0. The Balaban J connectivity index is 1.76. The molecule has 0 fully saturated rings. The maximum atomic E-state index is 12.8. The maximum Gasteiger partial charge on any atom is 0.255 e. The van der Waals surface area contributed by atoms with Gasteiger partial charge in [0.05, 0.1) is 17.6 Å². The topological polar surface area (TPSA) is 78.5 Å². The summed E-state index contributed by atoms with van der Waals surface area (Å²) in [6, 6.07) is 20.5. The van der Waals surface area contributed by atoms with Crippen LogP contribution in [-0.4, -0.2) is 34.2 Å². The van der Waals surface area contributed by atoms with Crippen molar-refractivity contribution < 1.29 is 13.2 Å². The molecule has 0 spiro atoms. The van der Waals surface area contributed by atoms with E-state index in [4.69, 9.17) is 0 Å². The first-order chi connectivity index (χ1) is 14.3. The molecular weight excluding hydrogens is 398 g/mol. The van der Waals surface area contributed by atoms with E-state index < -0.39 is 10.0 Å². The van der Waals surface area contributed by atoms with Crippen LogP contribution in [0.25, 0.3) is 11.1 Å². The normalized spacial score (nSPS) is 12.7. The summed E-state index contributed by atoms with van der Waals surface area (Å²) in [6.45, 7) is 0.926. The number of fused-ring (bicyclic) bond motifs is 1. The zero-order valence-corrected chi connectivity index (χ0v) is 17.7. The first kappa shape index (κ1) is 20.0. The lowest BCUT2D eigenvalue weighted by molar-refractivity contribution is 0.102. The summed E-state index contributed by atoms with van der Waals surface area (Å²) in [7, 11) is -2.01. The first-order valence-corrected chi connectivity index (χ1v) is 11.5. The second-order valence-corrected chi connectivity index (χ2v) is 9.35. The van der Waals surface area contributed by atoms with Crippen molar-refractivity contribution in [2.45, 2.75) is 6.42 Å². The predicted molar refractivity (Wildman–Crippen MR) is 122 cm³/mol. The van der Waals surface area contributed by atoms with Gasteiger partial charge in [0.1, 0.15) is 0 Å². The van der Waals surface area contributed by atoms with Crippen LogP contribution in [0.2, 0.25) is 0 Å². The van der Waals surface area contributed by atoms with Gasteiger partial charge < -0.3 is 10.6 Å². The van der Waals surface area contributed by atoms with Gasteiger partial charge in [-0.15, -0.1) is 0 Å². The summed E-state index contributed by atoms with van der Waals surface area (Å²) >= 11 is 0. The minimum atomic E-state index is -3.49. The lowest BCUT2D eigenvalue weighted by Gasteiger charge is -2.21. The molecule has 6 nitrogen and oxygen atoms in total. The van der Waals surface area contributed by atoms with Crippen molar-refractivity contribution in [1.29, 1.82) is 0 Å². The number of rotatable bonds is 5. The number of nitrogens with one attached hydrogen (secondary N) is 2. The third-order valence-electron chi connectivity index (χ3n) is 5.27. The van der Waals surface area contributed by atoms with Gasteiger partial charge in [0.15, 0.2) is 0 Å². The van der Waals surface area contributed by atoms with Gasteiger partial charge in [-0.2, -0.15) is 0 Å². The van der Waals surface area contributed by atoms with E-state index in [0.717, 1.165) is 36.0 Å². The molecule has 7 heteroatoms. The van der Waals surface area contributed by atoms with E-state index in [1.54, 1.807) is 30.3 Å². The predicted octanol–water partition coefficient (Wildman–Crippen LogP) is 3.97. The molecule has 0 bridgehead atoms. The van der Waals surface area contributed by atoms with Gasteiger partial charge in [0.25, 0.3) is 5.91 Å². The van der Waals surface area contributed by atoms with Crippen LogP contribution < -0.4 is 14.9 Å². The van der Waals surface area contributed by atoms with Crippen LogP contribution in [0.4, 0.5) is 17.1 Å². The third-order valence-corrected chi connectivity index (χ3v) is 6.46. The van der Waals surface area contributed by atoms with Gasteiger partial charge in [-0.3, -0.25) is 9.10 Å². The minimum absolute atomic E-state index is 0.297. The molecule has 0 saturated heterocycles. The summed E-state index contributed by atoms with van der Waals surface area (Å²) in [5.74, 6) is -0.297. The number of amides is 1. The maximum absolute atomic E-state index is 12.8. The number of hydrogen-bond donors (Lipinski definition) is 2. The Labute approximate surface area is 176 Å². The average molecular weight is 422 g/mol. The van der Waals surface area contributed by atoms with Crippen molar-refractivity contribution in [1.82, 2.24) is 0 Å². The molecule has 0 unspecified atom stereocenters. The van der Waals surface area contributed by atoms with E-state index in [0.29, 0.717) is 16.9 Å². The first-order valence-electron chi connectivity index (χ1n) is 9.64. The molecule has 3 aromatic carbocycles. The highest BCUT2D eigenvalue weighted by Gasteiger charge is 2.19. The molecule has 0 aromatic heterocycles. The molecule has 2 N–H and O–H groups in total. The monoisotopic (exact) mass is 421 g/mol. The van der Waals surface area contributed by atoms with Crippen LogP contribution in [-0.2, 0) is 16.4 Å². The molecule has 154 valence electrons. The zero-order valence-electron chi connectivity index (χ0n) is 16.8. The van der Waals surface area contributed by atoms with Crippen molar-refractivity contribution in [3.05, 3.63) is 77.9 Å². The fraction of sp³-hybridized carbons (Fsp3) is 0.174. The average Bonchev–Trinajstić information content (AvgIpc) is 3.21. The second kappa shape index (κ2) is 7.84. The van der Waals surface area contributed by atoms with Gasteiger partial charge in [0, 0.05) is 24.8 Å². The van der Waals surface area contributed by atoms with Gasteiger partial charge in [-0.1, -0.05) is 30.3 Å². The number of sulfonamides is 1. The SMILES string of the molecule is CN(c1ccc(-c2ccc3c(c2)CCN3)cc1NC(=O)c1ccccc1)S(C)(=O)=O. The molecule has 1 amide bonds. The molecule has 3 aromatic rings. The number of hydrogen-bond acceptors (Lipinski definition) is 4. The number of carbonyl (C=O) groups excluding carboxylic acids is 1. The van der Waals surface area contributed by atoms with E-state index in [2.05, 4.69) is 22.8 Å². The van der Waals surface area contributed by atoms with Gasteiger partial charge >= 0.3 is 0 Å². The van der Waals surface area contributed by atoms with Crippen molar-refractivity contribution in [2.75, 3.05) is 34.8 Å². The number of carbonyl (C=O) groups is 1. The number of anilines is 3. The van der Waals surface area contributed by atoms with E-state index >= 15 is 0 Å². The second-order valence-electron chi connectivity index (χ2n) is 7.33. The summed E-state index contributed by atoms with van der Waals surface area (Å²) in [5, 5.41) is 6.23. The van der Waals surface area contributed by atoms with Crippen LogP contribution in [0.1, 0.15) is 15.9 Å². The molecule has 1 aliphatic rings. The summed E-state index contributed by atoms with van der Waals surface area (Å²) < 4.78 is 25.4. The highest BCUT2D eigenvalue weighted by Crippen LogP contribution is 2.34.